The van der Waals surface area contributed by atoms with Crippen molar-refractivity contribution < 1.29 is 13.6 Å². The van der Waals surface area contributed by atoms with Crippen LogP contribution in [0.5, 0.6) is 0 Å². The summed E-state index contributed by atoms with van der Waals surface area (Å²) in [5.41, 5.74) is 3.11. The summed E-state index contributed by atoms with van der Waals surface area (Å²) in [6.07, 6.45) is 6.06. The first-order valence-corrected chi connectivity index (χ1v) is 8.68. The van der Waals surface area contributed by atoms with E-state index in [1.807, 2.05) is 6.07 Å². The number of halogens is 2. The second kappa shape index (κ2) is 7.56. The third-order valence-corrected chi connectivity index (χ3v) is 4.38. The highest BCUT2D eigenvalue weighted by Crippen LogP contribution is 2.30. The molecule has 28 heavy (non-hydrogen) atoms. The molecule has 2 N–H and O–H groups in total. The van der Waals surface area contributed by atoms with Gasteiger partial charge < -0.3 is 5.32 Å². The highest BCUT2D eigenvalue weighted by Gasteiger charge is 2.20. The predicted octanol–water partition coefficient (Wildman–Crippen LogP) is 3.72. The number of carbonyl (C=O) groups is 1. The molecule has 0 saturated carbocycles. The molecule has 0 spiro atoms. The maximum Gasteiger partial charge on any atom is 0.251 e. The molecular formula is C21H16F2N4O. The fourth-order valence-electron chi connectivity index (χ4n) is 3.04. The van der Waals surface area contributed by atoms with E-state index in [4.69, 9.17) is 0 Å². The number of hydrogen-bond donors (Lipinski definition) is 2. The first kappa shape index (κ1) is 17.8. The summed E-state index contributed by atoms with van der Waals surface area (Å²) in [6.45, 7) is 0.272. The minimum Gasteiger partial charge on any atom is -0.348 e. The van der Waals surface area contributed by atoms with Gasteiger partial charge in [0, 0.05) is 47.8 Å². The smallest absolute Gasteiger partial charge is 0.251 e. The van der Waals surface area contributed by atoms with Crippen molar-refractivity contribution in [2.75, 3.05) is 0 Å². The van der Waals surface area contributed by atoms with Crippen LogP contribution < -0.4 is 5.32 Å². The van der Waals surface area contributed by atoms with Crippen molar-refractivity contribution in [3.63, 3.8) is 0 Å². The number of aromatic nitrogens is 3. The van der Waals surface area contributed by atoms with Crippen LogP contribution in [-0.4, -0.2) is 21.1 Å². The molecule has 140 valence electrons. The van der Waals surface area contributed by atoms with Crippen LogP contribution in [0.4, 0.5) is 8.78 Å². The number of aromatic amines is 1. The predicted molar refractivity (Wildman–Crippen MR) is 101 cm³/mol. The summed E-state index contributed by atoms with van der Waals surface area (Å²) in [6, 6.07) is 9.58. The Hall–Kier alpha value is -3.61. The number of carbonyl (C=O) groups excluding carboxylic acids is 1. The zero-order valence-corrected chi connectivity index (χ0v) is 14.7. The molecule has 1 aliphatic rings. The zero-order chi connectivity index (χ0) is 19.5. The van der Waals surface area contributed by atoms with Crippen LogP contribution in [0.3, 0.4) is 0 Å². The fraction of sp³-hybridized carbons (Fsp3) is 0.0952. The molecule has 1 amide bonds. The standard InChI is InChI=1S/C21H16F2N4O/c22-16-5-1-4-14(7-16)20-18-9-15(8-17(23)10-19(18)26-27-20)21(28)25-12-13-3-2-6-24-11-13/h1-9,11H,10,12H2,(H,25,28)(H,26,27). The Morgan fingerprint density at radius 1 is 1.18 bits per heavy atom. The van der Waals surface area contributed by atoms with Crippen LogP contribution in [0.25, 0.3) is 17.3 Å². The van der Waals surface area contributed by atoms with Crippen molar-refractivity contribution in [1.82, 2.24) is 20.5 Å². The van der Waals surface area contributed by atoms with Gasteiger partial charge in [0.25, 0.3) is 5.91 Å². The molecule has 1 aromatic carbocycles. The van der Waals surface area contributed by atoms with E-state index in [0.717, 1.165) is 5.56 Å². The van der Waals surface area contributed by atoms with Crippen molar-refractivity contribution in [2.45, 2.75) is 13.0 Å². The van der Waals surface area contributed by atoms with Crippen LogP contribution in [0.2, 0.25) is 0 Å². The van der Waals surface area contributed by atoms with Gasteiger partial charge in [0.15, 0.2) is 0 Å². The Kier molecular flexibility index (Phi) is 4.80. The summed E-state index contributed by atoms with van der Waals surface area (Å²) in [4.78, 5) is 16.6. The van der Waals surface area contributed by atoms with Gasteiger partial charge in [-0.2, -0.15) is 5.10 Å². The van der Waals surface area contributed by atoms with Gasteiger partial charge in [-0.15, -0.1) is 0 Å². The summed E-state index contributed by atoms with van der Waals surface area (Å²) < 4.78 is 27.9. The van der Waals surface area contributed by atoms with Crippen LogP contribution >= 0.6 is 0 Å². The number of nitrogens with one attached hydrogen (secondary N) is 2. The molecule has 0 bridgehead atoms. The fourth-order valence-corrected chi connectivity index (χ4v) is 3.04. The Bertz CT molecular complexity index is 1090. The van der Waals surface area contributed by atoms with E-state index < -0.39 is 17.6 Å². The molecule has 1 aliphatic carbocycles. The maximum atomic E-state index is 14.3. The second-order valence-electron chi connectivity index (χ2n) is 6.39. The third-order valence-electron chi connectivity index (χ3n) is 4.38. The molecule has 4 rings (SSSR count). The van der Waals surface area contributed by atoms with Crippen molar-refractivity contribution in [1.29, 1.82) is 0 Å². The lowest BCUT2D eigenvalue weighted by atomic mass is 10.0. The summed E-state index contributed by atoms with van der Waals surface area (Å²) in [5.74, 6) is -1.28. The molecule has 0 atom stereocenters. The molecule has 0 fully saturated rings. The molecule has 2 aromatic heterocycles. The Morgan fingerprint density at radius 2 is 2.07 bits per heavy atom. The average molecular weight is 378 g/mol. The summed E-state index contributed by atoms with van der Waals surface area (Å²) >= 11 is 0. The average Bonchev–Trinajstić information content (AvgIpc) is 3.00. The number of benzene rings is 1. The van der Waals surface area contributed by atoms with E-state index in [0.29, 0.717) is 22.5 Å². The SMILES string of the molecule is O=C(NCc1cccnc1)C1=Cc2c(-c3cccc(F)c3)n[nH]c2CC(F)=C1. The molecule has 0 unspecified atom stereocenters. The third kappa shape index (κ3) is 3.73. The largest absolute Gasteiger partial charge is 0.348 e. The van der Waals surface area contributed by atoms with Crippen LogP contribution in [0, 0.1) is 5.82 Å². The van der Waals surface area contributed by atoms with Gasteiger partial charge >= 0.3 is 0 Å². The lowest BCUT2D eigenvalue weighted by Crippen LogP contribution is -2.23. The second-order valence-corrected chi connectivity index (χ2v) is 6.39. The van der Waals surface area contributed by atoms with Crippen LogP contribution in [0.1, 0.15) is 16.8 Å². The highest BCUT2D eigenvalue weighted by molar-refractivity contribution is 6.02. The van der Waals surface area contributed by atoms with Gasteiger partial charge in [0.05, 0.1) is 5.69 Å². The molecule has 0 radical (unpaired) electrons. The molecular weight excluding hydrogens is 362 g/mol. The molecule has 2 heterocycles. The number of fused-ring (bicyclic) bond motifs is 1. The van der Waals surface area contributed by atoms with Crippen molar-refractivity contribution in [2.24, 2.45) is 0 Å². The molecule has 7 heteroatoms. The lowest BCUT2D eigenvalue weighted by molar-refractivity contribution is -0.117. The number of H-pyrrole nitrogens is 1. The number of amides is 1. The van der Waals surface area contributed by atoms with E-state index in [-0.39, 0.29) is 18.5 Å². The Morgan fingerprint density at radius 3 is 2.86 bits per heavy atom. The minimum atomic E-state index is -0.462. The maximum absolute atomic E-state index is 14.3. The topological polar surface area (TPSA) is 70.7 Å². The Balaban J connectivity index is 1.65. The lowest BCUT2D eigenvalue weighted by Gasteiger charge is -2.06. The quantitative estimate of drug-likeness (QED) is 0.727. The van der Waals surface area contributed by atoms with E-state index in [1.165, 1.54) is 18.2 Å². The van der Waals surface area contributed by atoms with Gasteiger partial charge in [-0.1, -0.05) is 18.2 Å². The summed E-state index contributed by atoms with van der Waals surface area (Å²) in [7, 11) is 0. The van der Waals surface area contributed by atoms with Crippen molar-refractivity contribution in [3.8, 4) is 11.3 Å². The highest BCUT2D eigenvalue weighted by atomic mass is 19.1. The van der Waals surface area contributed by atoms with E-state index in [1.54, 1.807) is 36.7 Å². The van der Waals surface area contributed by atoms with Crippen LogP contribution in [-0.2, 0) is 17.8 Å². The van der Waals surface area contributed by atoms with Gasteiger partial charge in [-0.3, -0.25) is 14.9 Å². The number of pyridine rings is 1. The number of allylic oxidation sites excluding steroid dienone is 1. The number of nitrogens with zero attached hydrogens (tertiary/aromatic N) is 2. The Labute approximate surface area is 159 Å². The van der Waals surface area contributed by atoms with E-state index >= 15 is 0 Å². The number of rotatable bonds is 4. The van der Waals surface area contributed by atoms with E-state index in [2.05, 4.69) is 20.5 Å². The van der Waals surface area contributed by atoms with E-state index in [9.17, 15) is 13.6 Å². The zero-order valence-electron chi connectivity index (χ0n) is 14.7. The first-order valence-electron chi connectivity index (χ1n) is 8.68. The van der Waals surface area contributed by atoms with Gasteiger partial charge in [0.1, 0.15) is 11.6 Å². The first-order chi connectivity index (χ1) is 13.6. The molecule has 5 nitrogen and oxygen atoms in total. The summed E-state index contributed by atoms with van der Waals surface area (Å²) in [5, 5.41) is 9.76. The minimum absolute atomic E-state index is 0.0203. The van der Waals surface area contributed by atoms with Gasteiger partial charge in [-0.25, -0.2) is 8.78 Å². The van der Waals surface area contributed by atoms with Gasteiger partial charge in [0.2, 0.25) is 0 Å². The van der Waals surface area contributed by atoms with Crippen LogP contribution in [0.15, 0.2) is 66.3 Å². The molecule has 0 aliphatic heterocycles. The van der Waals surface area contributed by atoms with Crippen molar-refractivity contribution >= 4 is 12.0 Å². The monoisotopic (exact) mass is 378 g/mol. The van der Waals surface area contributed by atoms with Gasteiger partial charge in [-0.05, 0) is 35.9 Å². The molecule has 3 aromatic rings. The normalized spacial score (nSPS) is 13.2. The molecule has 0 saturated heterocycles. The number of hydrogen-bond acceptors (Lipinski definition) is 3. The van der Waals surface area contributed by atoms with Crippen molar-refractivity contribution in [3.05, 3.63) is 88.9 Å².